The number of esters is 1. The van der Waals surface area contributed by atoms with Crippen molar-refractivity contribution in [3.05, 3.63) is 11.6 Å². The van der Waals surface area contributed by atoms with Crippen LogP contribution in [-0.2, 0) is 19.1 Å². The fourth-order valence-electron chi connectivity index (χ4n) is 12.2. The monoisotopic (exact) mass is 664 g/mol. The molecule has 0 unspecified atom stereocenters. The fraction of sp³-hybridized carbons (Fsp3) is 0.889. The molecule has 6 aliphatic rings. The van der Waals surface area contributed by atoms with Crippen LogP contribution in [0.25, 0.3) is 0 Å². The second-order valence-corrected chi connectivity index (χ2v) is 17.3. The quantitative estimate of drug-likeness (QED) is 0.172. The van der Waals surface area contributed by atoms with Gasteiger partial charge < -0.3 is 45.2 Å². The van der Waals surface area contributed by atoms with E-state index in [4.69, 9.17) is 9.47 Å². The van der Waals surface area contributed by atoms with Gasteiger partial charge in [0.25, 0.3) is 0 Å². The van der Waals surface area contributed by atoms with E-state index >= 15 is 0 Å². The predicted molar refractivity (Wildman–Crippen MR) is 168 cm³/mol. The molecule has 5 fully saturated rings. The Kier molecular flexibility index (Phi) is 8.40. The molecule has 0 spiro atoms. The molecule has 0 bridgehead atoms. The van der Waals surface area contributed by atoms with Gasteiger partial charge in [-0.25, -0.2) is 0 Å². The Labute approximate surface area is 277 Å². The van der Waals surface area contributed by atoms with E-state index in [-0.39, 0.29) is 28.6 Å². The first-order valence-corrected chi connectivity index (χ1v) is 17.6. The number of carboxylic acids is 1. The number of hydrogen-bond acceptors (Lipinski definition) is 10. The first kappa shape index (κ1) is 35.2. The highest BCUT2D eigenvalue weighted by molar-refractivity contribution is 5.79. The van der Waals surface area contributed by atoms with Gasteiger partial charge in [-0.3, -0.25) is 9.59 Å². The summed E-state index contributed by atoms with van der Waals surface area (Å²) in [6.45, 7) is 11.7. The van der Waals surface area contributed by atoms with Crippen LogP contribution >= 0.6 is 0 Å². The van der Waals surface area contributed by atoms with E-state index in [0.29, 0.717) is 44.9 Å². The summed E-state index contributed by atoms with van der Waals surface area (Å²) in [5, 5.41) is 74.8. The molecule has 16 atom stereocenters. The Balaban J connectivity index is 1.39. The van der Waals surface area contributed by atoms with Gasteiger partial charge in [0.2, 0.25) is 6.29 Å². The zero-order chi connectivity index (χ0) is 34.7. The first-order valence-electron chi connectivity index (χ1n) is 17.6. The maximum atomic E-state index is 14.5. The van der Waals surface area contributed by atoms with Crippen LogP contribution in [0, 0.1) is 50.7 Å². The number of ether oxygens (including phenoxy) is 2. The van der Waals surface area contributed by atoms with Crippen LogP contribution in [0.15, 0.2) is 11.6 Å². The number of aliphatic hydroxyl groups is 6. The highest BCUT2D eigenvalue weighted by Gasteiger charge is 2.72. The number of carbonyl (C=O) groups excluding carboxylic acids is 1. The van der Waals surface area contributed by atoms with E-state index in [2.05, 4.69) is 26.8 Å². The van der Waals surface area contributed by atoms with Gasteiger partial charge in [-0.1, -0.05) is 39.3 Å². The van der Waals surface area contributed by atoms with E-state index in [1.807, 2.05) is 6.92 Å². The molecule has 6 rings (SSSR count). The van der Waals surface area contributed by atoms with Crippen molar-refractivity contribution < 1.29 is 54.8 Å². The molecule has 47 heavy (non-hydrogen) atoms. The van der Waals surface area contributed by atoms with E-state index in [1.165, 1.54) is 0 Å². The number of allylic oxidation sites excluding steroid dienone is 1. The zero-order valence-corrected chi connectivity index (χ0v) is 28.7. The number of rotatable bonds is 4. The van der Waals surface area contributed by atoms with Gasteiger partial charge in [-0.05, 0) is 106 Å². The molecule has 11 nitrogen and oxygen atoms in total. The molecule has 0 radical (unpaired) electrons. The molecular weight excluding hydrogens is 608 g/mol. The van der Waals surface area contributed by atoms with Crippen molar-refractivity contribution in [2.45, 2.75) is 142 Å². The Hall–Kier alpha value is -1.60. The highest BCUT2D eigenvalue weighted by Crippen LogP contribution is 2.76. The molecule has 5 aliphatic carbocycles. The molecular formula is C36H56O11. The number of hydrogen-bond donors (Lipinski definition) is 7. The third-order valence-electron chi connectivity index (χ3n) is 15.6. The minimum Gasteiger partial charge on any atom is -0.481 e. The first-order chi connectivity index (χ1) is 21.8. The Morgan fingerprint density at radius 3 is 2.21 bits per heavy atom. The van der Waals surface area contributed by atoms with Crippen molar-refractivity contribution in [2.75, 3.05) is 6.61 Å². The highest BCUT2D eigenvalue weighted by atomic mass is 16.7. The van der Waals surface area contributed by atoms with Gasteiger partial charge in [0.05, 0.1) is 29.1 Å². The summed E-state index contributed by atoms with van der Waals surface area (Å²) in [4.78, 5) is 27.2. The summed E-state index contributed by atoms with van der Waals surface area (Å²) >= 11 is 0. The van der Waals surface area contributed by atoms with Gasteiger partial charge in [0.1, 0.15) is 24.4 Å². The van der Waals surface area contributed by atoms with E-state index < -0.39 is 83.1 Å². The largest absolute Gasteiger partial charge is 0.481 e. The van der Waals surface area contributed by atoms with Crippen LogP contribution in [0.4, 0.5) is 0 Å². The standard InChI is InChI=1S/C36H56O11/c1-18-9-14-36(30(44)47-28-26(41)25(40)24(39)20(17-37)46-28)16-15-32(3)19(27(36)35(18,6)45)7-8-21-31(2)12-11-23(38)34(5,29(42)43)22(31)10-13-33(21,32)4/h7,18,20-28,37-41,45H,8-17H2,1-6H3,(H,42,43)/t18-,20-,21-,22-,23+,24-,25+,26-,27-,28+,31-,32-,33-,34+,35-,36+/m1/s1. The van der Waals surface area contributed by atoms with Crippen LogP contribution in [0.2, 0.25) is 0 Å². The minimum absolute atomic E-state index is 0.126. The second-order valence-electron chi connectivity index (χ2n) is 17.3. The lowest BCUT2D eigenvalue weighted by Gasteiger charge is -2.71. The van der Waals surface area contributed by atoms with Crippen LogP contribution < -0.4 is 0 Å². The Bertz CT molecular complexity index is 1310. The van der Waals surface area contributed by atoms with Crippen LogP contribution in [0.1, 0.15) is 99.3 Å². The van der Waals surface area contributed by atoms with Gasteiger partial charge in [-0.2, -0.15) is 0 Å². The summed E-state index contributed by atoms with van der Waals surface area (Å²) in [6.07, 6.45) is -1.18. The van der Waals surface area contributed by atoms with Gasteiger partial charge >= 0.3 is 11.9 Å². The smallest absolute Gasteiger partial charge is 0.315 e. The van der Waals surface area contributed by atoms with Gasteiger partial charge in [0.15, 0.2) is 0 Å². The van der Waals surface area contributed by atoms with Crippen molar-refractivity contribution in [2.24, 2.45) is 50.7 Å². The normalized spacial score (nSPS) is 55.8. The molecule has 1 saturated heterocycles. The van der Waals surface area contributed by atoms with Crippen molar-refractivity contribution in [3.63, 3.8) is 0 Å². The molecule has 1 heterocycles. The molecule has 0 amide bonds. The maximum Gasteiger partial charge on any atom is 0.315 e. The fourth-order valence-corrected chi connectivity index (χ4v) is 12.2. The Morgan fingerprint density at radius 1 is 0.894 bits per heavy atom. The molecule has 0 aromatic heterocycles. The second kappa shape index (κ2) is 11.2. The average Bonchev–Trinajstić information content (AvgIpc) is 3.01. The van der Waals surface area contributed by atoms with Crippen molar-refractivity contribution in [3.8, 4) is 0 Å². The summed E-state index contributed by atoms with van der Waals surface area (Å²) in [5.74, 6) is -2.37. The SMILES string of the molecule is C[C@@H]1CC[C@]2(C(=O)O[C@@H]3O[C@H](CO)[C@@H](O)[C@H](O)[C@H]3O)CC[C@]3(C)C(=CC[C@@H]4[C@@]5(C)CC[C@H](O)[C@@](C)(C(=O)O)[C@@H]5CC[C@]43C)[C@@H]2[C@]1(C)O. The third-order valence-corrected chi connectivity index (χ3v) is 15.6. The number of carboxylic acid groups (broad SMARTS) is 1. The van der Waals surface area contributed by atoms with E-state index in [9.17, 15) is 45.3 Å². The maximum absolute atomic E-state index is 14.5. The lowest BCUT2D eigenvalue weighted by Crippen LogP contribution is -2.69. The molecule has 7 N–H and O–H groups in total. The van der Waals surface area contributed by atoms with Crippen LogP contribution in [0.3, 0.4) is 0 Å². The van der Waals surface area contributed by atoms with E-state index in [1.54, 1.807) is 13.8 Å². The van der Waals surface area contributed by atoms with Crippen LogP contribution in [-0.4, -0.2) is 96.7 Å². The Morgan fingerprint density at radius 2 is 1.57 bits per heavy atom. The van der Waals surface area contributed by atoms with Crippen molar-refractivity contribution in [1.82, 2.24) is 0 Å². The minimum atomic E-state index is -1.72. The summed E-state index contributed by atoms with van der Waals surface area (Å²) < 4.78 is 11.4. The summed E-state index contributed by atoms with van der Waals surface area (Å²) in [6, 6.07) is 0. The van der Waals surface area contributed by atoms with E-state index in [0.717, 1.165) is 18.4 Å². The number of aliphatic carboxylic acids is 1. The number of carbonyl (C=O) groups is 2. The van der Waals surface area contributed by atoms with Gasteiger partial charge in [0, 0.05) is 5.92 Å². The lowest BCUT2D eigenvalue weighted by atomic mass is 9.33. The molecule has 0 aromatic rings. The van der Waals surface area contributed by atoms with Crippen LogP contribution in [0.5, 0.6) is 0 Å². The lowest BCUT2D eigenvalue weighted by molar-refractivity contribution is -0.299. The molecule has 4 saturated carbocycles. The topological polar surface area (TPSA) is 194 Å². The molecule has 266 valence electrons. The predicted octanol–water partition coefficient (Wildman–Crippen LogP) is 2.53. The number of fused-ring (bicyclic) bond motifs is 7. The molecule has 11 heteroatoms. The van der Waals surface area contributed by atoms with Crippen molar-refractivity contribution >= 4 is 11.9 Å². The van der Waals surface area contributed by atoms with Crippen molar-refractivity contribution in [1.29, 1.82) is 0 Å². The number of aliphatic hydroxyl groups excluding tert-OH is 5. The molecule has 1 aliphatic heterocycles. The van der Waals surface area contributed by atoms with Gasteiger partial charge in [-0.15, -0.1) is 0 Å². The summed E-state index contributed by atoms with van der Waals surface area (Å²) in [5.41, 5.74) is -3.64. The zero-order valence-electron chi connectivity index (χ0n) is 28.7. The molecule has 0 aromatic carbocycles. The third kappa shape index (κ3) is 4.49. The summed E-state index contributed by atoms with van der Waals surface area (Å²) in [7, 11) is 0. The average molecular weight is 665 g/mol.